The van der Waals surface area contributed by atoms with Crippen LogP contribution >= 0.6 is 0 Å². The largest absolute Gasteiger partial charge is 0.317 e. The van der Waals surface area contributed by atoms with Crippen molar-refractivity contribution in [2.75, 3.05) is 33.2 Å². The number of nitrogens with zero attached hydrogens (tertiary/aromatic N) is 1. The van der Waals surface area contributed by atoms with Gasteiger partial charge in [-0.15, -0.1) is 0 Å². The van der Waals surface area contributed by atoms with Crippen molar-refractivity contribution >= 4 is 0 Å². The first-order valence-electron chi connectivity index (χ1n) is 6.40. The Balaban J connectivity index is 2.06. The van der Waals surface area contributed by atoms with E-state index in [-0.39, 0.29) is 0 Å². The van der Waals surface area contributed by atoms with Crippen molar-refractivity contribution in [1.82, 2.24) is 15.5 Å². The molecule has 2 atom stereocenters. The van der Waals surface area contributed by atoms with E-state index >= 15 is 0 Å². The summed E-state index contributed by atoms with van der Waals surface area (Å²) in [6, 6.07) is 1.48. The summed E-state index contributed by atoms with van der Waals surface area (Å²) in [7, 11) is 2.08. The topological polar surface area (TPSA) is 27.3 Å². The standard InChI is InChI=1S/C12H27N3/c1-4-14-7-5-6-8-15-10-12(13-3)9-11(15)2/h11-14H,4-10H2,1-3H3. The van der Waals surface area contributed by atoms with Gasteiger partial charge in [-0.3, -0.25) is 4.90 Å². The summed E-state index contributed by atoms with van der Waals surface area (Å²) in [5, 5.41) is 6.75. The lowest BCUT2D eigenvalue weighted by Gasteiger charge is -2.20. The molecular formula is C12H27N3. The molecule has 0 saturated carbocycles. The molecule has 3 heteroatoms. The van der Waals surface area contributed by atoms with Crippen LogP contribution in [0.5, 0.6) is 0 Å². The van der Waals surface area contributed by atoms with Crippen LogP contribution in [0.15, 0.2) is 0 Å². The van der Waals surface area contributed by atoms with Crippen molar-refractivity contribution in [3.8, 4) is 0 Å². The maximum absolute atomic E-state index is 3.38. The summed E-state index contributed by atoms with van der Waals surface area (Å²) in [5.74, 6) is 0. The molecule has 1 saturated heterocycles. The summed E-state index contributed by atoms with van der Waals surface area (Å²) in [4.78, 5) is 2.62. The molecule has 2 unspecified atom stereocenters. The van der Waals surface area contributed by atoms with Gasteiger partial charge in [0.05, 0.1) is 0 Å². The number of likely N-dealkylation sites (tertiary alicyclic amines) is 1. The molecule has 0 spiro atoms. The normalized spacial score (nSPS) is 27.4. The third-order valence-electron chi connectivity index (χ3n) is 3.41. The van der Waals surface area contributed by atoms with Crippen molar-refractivity contribution in [3.63, 3.8) is 0 Å². The Morgan fingerprint density at radius 3 is 2.73 bits per heavy atom. The van der Waals surface area contributed by atoms with Gasteiger partial charge in [0.2, 0.25) is 0 Å². The number of unbranched alkanes of at least 4 members (excludes halogenated alkanes) is 1. The number of nitrogens with one attached hydrogen (secondary N) is 2. The predicted molar refractivity (Wildman–Crippen MR) is 66.3 cm³/mol. The maximum Gasteiger partial charge on any atom is 0.0206 e. The zero-order valence-corrected chi connectivity index (χ0v) is 10.6. The van der Waals surface area contributed by atoms with Crippen molar-refractivity contribution in [1.29, 1.82) is 0 Å². The lowest BCUT2D eigenvalue weighted by atomic mass is 10.2. The SMILES string of the molecule is CCNCCCCN1CC(NC)CC1C. The molecule has 0 aromatic carbocycles. The van der Waals surface area contributed by atoms with Crippen LogP contribution in [0, 0.1) is 0 Å². The van der Waals surface area contributed by atoms with E-state index in [1.54, 1.807) is 0 Å². The van der Waals surface area contributed by atoms with Crippen LogP contribution in [0.2, 0.25) is 0 Å². The fourth-order valence-electron chi connectivity index (χ4n) is 2.36. The predicted octanol–water partition coefficient (Wildman–Crippen LogP) is 1.06. The molecule has 1 aliphatic rings. The second-order valence-electron chi connectivity index (χ2n) is 4.63. The first-order valence-corrected chi connectivity index (χ1v) is 6.40. The van der Waals surface area contributed by atoms with E-state index in [0.29, 0.717) is 6.04 Å². The Morgan fingerprint density at radius 1 is 1.33 bits per heavy atom. The van der Waals surface area contributed by atoms with Crippen molar-refractivity contribution in [2.45, 2.75) is 45.2 Å². The van der Waals surface area contributed by atoms with Crippen LogP contribution in [0.1, 0.15) is 33.1 Å². The molecule has 2 N–H and O–H groups in total. The van der Waals surface area contributed by atoms with E-state index in [1.165, 1.54) is 38.9 Å². The molecule has 0 aromatic heterocycles. The first kappa shape index (κ1) is 12.9. The molecule has 0 amide bonds. The van der Waals surface area contributed by atoms with Crippen LogP contribution in [0.3, 0.4) is 0 Å². The molecule has 1 heterocycles. The van der Waals surface area contributed by atoms with Gasteiger partial charge in [-0.1, -0.05) is 6.92 Å². The summed E-state index contributed by atoms with van der Waals surface area (Å²) >= 11 is 0. The highest BCUT2D eigenvalue weighted by atomic mass is 15.2. The Hall–Kier alpha value is -0.120. The number of likely N-dealkylation sites (N-methyl/N-ethyl adjacent to an activating group) is 1. The summed E-state index contributed by atoms with van der Waals surface area (Å²) < 4.78 is 0. The highest BCUT2D eigenvalue weighted by molar-refractivity contribution is 4.85. The number of rotatable bonds is 7. The smallest absolute Gasteiger partial charge is 0.0206 e. The van der Waals surface area contributed by atoms with E-state index < -0.39 is 0 Å². The van der Waals surface area contributed by atoms with E-state index in [0.717, 1.165) is 12.6 Å². The van der Waals surface area contributed by atoms with Gasteiger partial charge in [-0.25, -0.2) is 0 Å². The second kappa shape index (κ2) is 7.20. The van der Waals surface area contributed by atoms with Crippen molar-refractivity contribution < 1.29 is 0 Å². The first-order chi connectivity index (χ1) is 7.27. The van der Waals surface area contributed by atoms with Crippen LogP contribution in [-0.4, -0.2) is 50.2 Å². The molecular weight excluding hydrogens is 186 g/mol. The molecule has 3 nitrogen and oxygen atoms in total. The maximum atomic E-state index is 3.38. The van der Waals surface area contributed by atoms with Gasteiger partial charge in [0.1, 0.15) is 0 Å². The van der Waals surface area contributed by atoms with Gasteiger partial charge >= 0.3 is 0 Å². The molecule has 0 radical (unpaired) electrons. The van der Waals surface area contributed by atoms with E-state index in [9.17, 15) is 0 Å². The van der Waals surface area contributed by atoms with Gasteiger partial charge in [-0.05, 0) is 52.9 Å². The Morgan fingerprint density at radius 2 is 2.13 bits per heavy atom. The van der Waals surface area contributed by atoms with Crippen molar-refractivity contribution in [2.24, 2.45) is 0 Å². The van der Waals surface area contributed by atoms with Gasteiger partial charge in [0.15, 0.2) is 0 Å². The summed E-state index contributed by atoms with van der Waals surface area (Å²) in [6.45, 7) is 9.29. The minimum atomic E-state index is 0.716. The minimum absolute atomic E-state index is 0.716. The summed E-state index contributed by atoms with van der Waals surface area (Å²) in [6.07, 6.45) is 3.94. The van der Waals surface area contributed by atoms with E-state index in [4.69, 9.17) is 0 Å². The average Bonchev–Trinajstić information content (AvgIpc) is 2.59. The van der Waals surface area contributed by atoms with Crippen LogP contribution in [0.25, 0.3) is 0 Å². The van der Waals surface area contributed by atoms with Crippen molar-refractivity contribution in [3.05, 3.63) is 0 Å². The quantitative estimate of drug-likeness (QED) is 0.619. The molecule has 1 fully saturated rings. The van der Waals surface area contributed by atoms with E-state index in [1.807, 2.05) is 0 Å². The Labute approximate surface area is 94.6 Å². The second-order valence-corrected chi connectivity index (χ2v) is 4.63. The molecule has 1 aliphatic heterocycles. The van der Waals surface area contributed by atoms with Crippen LogP contribution < -0.4 is 10.6 Å². The molecule has 15 heavy (non-hydrogen) atoms. The Kier molecular flexibility index (Phi) is 6.22. The highest BCUT2D eigenvalue weighted by Crippen LogP contribution is 2.17. The third-order valence-corrected chi connectivity index (χ3v) is 3.41. The summed E-state index contributed by atoms with van der Waals surface area (Å²) in [5.41, 5.74) is 0. The molecule has 0 bridgehead atoms. The Bertz CT molecular complexity index is 161. The zero-order valence-electron chi connectivity index (χ0n) is 10.6. The van der Waals surface area contributed by atoms with Gasteiger partial charge < -0.3 is 10.6 Å². The number of hydrogen-bond donors (Lipinski definition) is 2. The fraction of sp³-hybridized carbons (Fsp3) is 1.00. The molecule has 1 rings (SSSR count). The molecule has 90 valence electrons. The minimum Gasteiger partial charge on any atom is -0.317 e. The monoisotopic (exact) mass is 213 g/mol. The average molecular weight is 213 g/mol. The van der Waals surface area contributed by atoms with Crippen LogP contribution in [0.4, 0.5) is 0 Å². The lowest BCUT2D eigenvalue weighted by molar-refractivity contribution is 0.260. The lowest BCUT2D eigenvalue weighted by Crippen LogP contribution is -2.32. The van der Waals surface area contributed by atoms with Crippen LogP contribution in [-0.2, 0) is 0 Å². The molecule has 0 aromatic rings. The van der Waals surface area contributed by atoms with Gasteiger partial charge in [0.25, 0.3) is 0 Å². The van der Waals surface area contributed by atoms with E-state index in [2.05, 4.69) is 36.4 Å². The van der Waals surface area contributed by atoms with Gasteiger partial charge in [0, 0.05) is 18.6 Å². The third kappa shape index (κ3) is 4.49. The zero-order chi connectivity index (χ0) is 11.1. The fourth-order valence-corrected chi connectivity index (χ4v) is 2.36. The number of hydrogen-bond acceptors (Lipinski definition) is 3. The molecule has 0 aliphatic carbocycles. The highest BCUT2D eigenvalue weighted by Gasteiger charge is 2.26. The van der Waals surface area contributed by atoms with Gasteiger partial charge in [-0.2, -0.15) is 0 Å².